The van der Waals surface area contributed by atoms with Crippen LogP contribution in [0.1, 0.15) is 18.9 Å². The minimum Gasteiger partial charge on any atom is -0.497 e. The lowest BCUT2D eigenvalue weighted by Crippen LogP contribution is -2.49. The fourth-order valence-corrected chi connectivity index (χ4v) is 3.78. The van der Waals surface area contributed by atoms with Gasteiger partial charge in [0, 0.05) is 50.9 Å². The molecule has 0 N–H and O–H groups in total. The molecule has 1 amide bonds. The van der Waals surface area contributed by atoms with Crippen molar-refractivity contribution < 1.29 is 13.9 Å². The van der Waals surface area contributed by atoms with Crippen molar-refractivity contribution in [3.05, 3.63) is 59.9 Å². The Morgan fingerprint density at radius 1 is 1.07 bits per heavy atom. The second-order valence-electron chi connectivity index (χ2n) is 7.98. The lowest BCUT2D eigenvalue weighted by molar-refractivity contribution is -0.131. The molecule has 0 spiro atoms. The average molecular weight is 414 g/mol. The van der Waals surface area contributed by atoms with Gasteiger partial charge in [-0.05, 0) is 62.4 Å². The smallest absolute Gasteiger partial charge is 0.223 e. The summed E-state index contributed by atoms with van der Waals surface area (Å²) in [5, 5.41) is 0. The summed E-state index contributed by atoms with van der Waals surface area (Å²) < 4.78 is 18.3. The van der Waals surface area contributed by atoms with Gasteiger partial charge in [0.15, 0.2) is 0 Å². The zero-order valence-electron chi connectivity index (χ0n) is 18.2. The molecule has 162 valence electrons. The Hall–Kier alpha value is -2.60. The first-order valence-electron chi connectivity index (χ1n) is 10.6. The Labute approximate surface area is 179 Å². The fourth-order valence-electron chi connectivity index (χ4n) is 3.78. The van der Waals surface area contributed by atoms with Gasteiger partial charge < -0.3 is 19.4 Å². The molecule has 30 heavy (non-hydrogen) atoms. The summed E-state index contributed by atoms with van der Waals surface area (Å²) in [5.74, 6) is 0.847. The van der Waals surface area contributed by atoms with Crippen LogP contribution < -0.4 is 9.64 Å². The lowest BCUT2D eigenvalue weighted by Gasteiger charge is -2.36. The number of hydrogen-bond donors (Lipinski definition) is 0. The molecule has 6 heteroatoms. The number of ether oxygens (including phenoxy) is 1. The summed E-state index contributed by atoms with van der Waals surface area (Å²) in [7, 11) is 3.75. The van der Waals surface area contributed by atoms with Gasteiger partial charge in [0.25, 0.3) is 0 Å². The second kappa shape index (κ2) is 10.4. The van der Waals surface area contributed by atoms with Crippen LogP contribution in [0.2, 0.25) is 0 Å². The van der Waals surface area contributed by atoms with Gasteiger partial charge >= 0.3 is 0 Å². The molecular weight excluding hydrogens is 381 g/mol. The molecule has 1 fully saturated rings. The van der Waals surface area contributed by atoms with E-state index in [1.807, 2.05) is 17.0 Å². The standard InChI is InChI=1S/C24H32FN3O2/c1-19(18-20-4-10-23(30-3)11-5-20)26(2)13-12-24(29)28-16-14-27(15-17-28)22-8-6-21(25)7-9-22/h4-11,19H,12-18H2,1-3H3. The summed E-state index contributed by atoms with van der Waals surface area (Å²) in [4.78, 5) is 19.1. The van der Waals surface area contributed by atoms with Crippen LogP contribution in [0.5, 0.6) is 5.75 Å². The topological polar surface area (TPSA) is 36.0 Å². The molecule has 0 bridgehead atoms. The summed E-state index contributed by atoms with van der Waals surface area (Å²) in [6.07, 6.45) is 1.46. The number of nitrogens with zero attached hydrogens (tertiary/aromatic N) is 3. The molecule has 1 unspecified atom stereocenters. The third-order valence-corrected chi connectivity index (χ3v) is 5.95. The minimum atomic E-state index is -0.224. The van der Waals surface area contributed by atoms with Crippen LogP contribution in [0.4, 0.5) is 10.1 Å². The van der Waals surface area contributed by atoms with Crippen molar-refractivity contribution in [2.45, 2.75) is 25.8 Å². The molecule has 0 aromatic heterocycles. The van der Waals surface area contributed by atoms with Gasteiger partial charge in [-0.3, -0.25) is 4.79 Å². The molecule has 1 heterocycles. The van der Waals surface area contributed by atoms with Crippen LogP contribution in [0, 0.1) is 5.82 Å². The lowest BCUT2D eigenvalue weighted by atomic mass is 10.1. The number of halogens is 1. The van der Waals surface area contributed by atoms with Gasteiger partial charge in [0.2, 0.25) is 5.91 Å². The third kappa shape index (κ3) is 5.95. The molecule has 1 saturated heterocycles. The highest BCUT2D eigenvalue weighted by Crippen LogP contribution is 2.18. The third-order valence-electron chi connectivity index (χ3n) is 5.95. The zero-order chi connectivity index (χ0) is 21.5. The number of anilines is 1. The molecule has 0 radical (unpaired) electrons. The van der Waals surface area contributed by atoms with Crippen molar-refractivity contribution in [2.24, 2.45) is 0 Å². The normalized spacial score (nSPS) is 15.4. The predicted molar refractivity (Wildman–Crippen MR) is 119 cm³/mol. The number of amides is 1. The molecular formula is C24H32FN3O2. The molecule has 0 saturated carbocycles. The second-order valence-corrected chi connectivity index (χ2v) is 7.98. The van der Waals surface area contributed by atoms with Crippen molar-refractivity contribution in [2.75, 3.05) is 51.8 Å². The Morgan fingerprint density at radius 2 is 1.70 bits per heavy atom. The van der Waals surface area contributed by atoms with E-state index in [-0.39, 0.29) is 11.7 Å². The van der Waals surface area contributed by atoms with Crippen molar-refractivity contribution >= 4 is 11.6 Å². The van der Waals surface area contributed by atoms with E-state index < -0.39 is 0 Å². The Balaban J connectivity index is 1.40. The Bertz CT molecular complexity index is 802. The maximum atomic E-state index is 13.1. The monoisotopic (exact) mass is 413 g/mol. The van der Waals surface area contributed by atoms with E-state index in [0.717, 1.165) is 37.5 Å². The summed E-state index contributed by atoms with van der Waals surface area (Å²) in [5.41, 5.74) is 2.27. The first-order chi connectivity index (χ1) is 14.5. The Morgan fingerprint density at radius 3 is 2.30 bits per heavy atom. The highest BCUT2D eigenvalue weighted by molar-refractivity contribution is 5.76. The molecule has 0 aliphatic carbocycles. The summed E-state index contributed by atoms with van der Waals surface area (Å²) in [6, 6.07) is 15.1. The van der Waals surface area contributed by atoms with Gasteiger partial charge in [0.1, 0.15) is 11.6 Å². The molecule has 3 rings (SSSR count). The number of piperazine rings is 1. The van der Waals surface area contributed by atoms with E-state index in [1.54, 1.807) is 19.2 Å². The van der Waals surface area contributed by atoms with Crippen LogP contribution in [0.3, 0.4) is 0 Å². The first kappa shape index (κ1) is 22.1. The minimum absolute atomic E-state index is 0.206. The number of methoxy groups -OCH3 is 1. The van der Waals surface area contributed by atoms with Gasteiger partial charge in [-0.1, -0.05) is 12.1 Å². The van der Waals surface area contributed by atoms with Crippen LogP contribution in [-0.2, 0) is 11.2 Å². The number of likely N-dealkylation sites (N-methyl/N-ethyl adjacent to an activating group) is 1. The van der Waals surface area contributed by atoms with Crippen LogP contribution in [0.25, 0.3) is 0 Å². The van der Waals surface area contributed by atoms with E-state index in [9.17, 15) is 9.18 Å². The number of carbonyl (C=O) groups is 1. The number of rotatable bonds is 8. The SMILES string of the molecule is COc1ccc(CC(C)N(C)CCC(=O)N2CCN(c3ccc(F)cc3)CC2)cc1. The first-order valence-corrected chi connectivity index (χ1v) is 10.6. The van der Waals surface area contributed by atoms with E-state index in [0.29, 0.717) is 25.6 Å². The van der Waals surface area contributed by atoms with E-state index in [1.165, 1.54) is 17.7 Å². The van der Waals surface area contributed by atoms with Crippen LogP contribution in [0.15, 0.2) is 48.5 Å². The number of benzene rings is 2. The van der Waals surface area contributed by atoms with Gasteiger partial charge in [-0.25, -0.2) is 4.39 Å². The van der Waals surface area contributed by atoms with Crippen LogP contribution in [-0.4, -0.2) is 68.6 Å². The highest BCUT2D eigenvalue weighted by atomic mass is 19.1. The van der Waals surface area contributed by atoms with Crippen molar-refractivity contribution in [3.8, 4) is 5.75 Å². The van der Waals surface area contributed by atoms with E-state index in [4.69, 9.17) is 4.74 Å². The predicted octanol–water partition coefficient (Wildman–Crippen LogP) is 3.44. The molecule has 2 aromatic carbocycles. The maximum Gasteiger partial charge on any atom is 0.223 e. The molecule has 1 aliphatic heterocycles. The quantitative estimate of drug-likeness (QED) is 0.664. The Kier molecular flexibility index (Phi) is 7.69. The van der Waals surface area contributed by atoms with Gasteiger partial charge in [0.05, 0.1) is 7.11 Å². The van der Waals surface area contributed by atoms with E-state index >= 15 is 0 Å². The largest absolute Gasteiger partial charge is 0.497 e. The maximum absolute atomic E-state index is 13.1. The highest BCUT2D eigenvalue weighted by Gasteiger charge is 2.22. The fraction of sp³-hybridized carbons (Fsp3) is 0.458. The molecule has 1 atom stereocenters. The average Bonchev–Trinajstić information content (AvgIpc) is 2.78. The zero-order valence-corrected chi connectivity index (χ0v) is 18.2. The van der Waals surface area contributed by atoms with Crippen LogP contribution >= 0.6 is 0 Å². The summed E-state index contributed by atoms with van der Waals surface area (Å²) in [6.45, 7) is 5.91. The van der Waals surface area contributed by atoms with Crippen molar-refractivity contribution in [1.29, 1.82) is 0 Å². The van der Waals surface area contributed by atoms with Crippen molar-refractivity contribution in [1.82, 2.24) is 9.80 Å². The van der Waals surface area contributed by atoms with Gasteiger partial charge in [-0.2, -0.15) is 0 Å². The molecule has 1 aliphatic rings. The van der Waals surface area contributed by atoms with Gasteiger partial charge in [-0.15, -0.1) is 0 Å². The van der Waals surface area contributed by atoms with Crippen molar-refractivity contribution in [3.63, 3.8) is 0 Å². The number of hydrogen-bond acceptors (Lipinski definition) is 4. The number of carbonyl (C=O) groups excluding carboxylic acids is 1. The summed E-state index contributed by atoms with van der Waals surface area (Å²) >= 11 is 0. The molecule has 2 aromatic rings. The van der Waals surface area contributed by atoms with E-state index in [2.05, 4.69) is 35.9 Å². The molecule has 5 nitrogen and oxygen atoms in total.